The molecule has 0 atom stereocenters. The lowest BCUT2D eigenvalue weighted by Crippen LogP contribution is -2.48. The normalized spacial score (nSPS) is 15.5. The quantitative estimate of drug-likeness (QED) is 0.263. The lowest BCUT2D eigenvalue weighted by Gasteiger charge is -2.37. The molecule has 0 bridgehead atoms. The van der Waals surface area contributed by atoms with Crippen LogP contribution in [0.1, 0.15) is 28.8 Å². The Balaban J connectivity index is 1.11. The predicted octanol–water partition coefficient (Wildman–Crippen LogP) is 5.63. The lowest BCUT2D eigenvalue weighted by atomic mass is 9.96. The minimum absolute atomic E-state index is 0.0239. The van der Waals surface area contributed by atoms with E-state index in [0.717, 1.165) is 70.7 Å². The first-order valence-corrected chi connectivity index (χ1v) is 14.8. The Hall–Kier alpha value is -4.60. The van der Waals surface area contributed by atoms with Crippen molar-refractivity contribution in [1.29, 1.82) is 0 Å². The maximum atomic E-state index is 13.2. The van der Waals surface area contributed by atoms with Gasteiger partial charge in [-0.25, -0.2) is 5.01 Å². The van der Waals surface area contributed by atoms with Crippen molar-refractivity contribution in [2.75, 3.05) is 67.1 Å². The van der Waals surface area contributed by atoms with E-state index in [1.54, 1.807) is 0 Å². The van der Waals surface area contributed by atoms with E-state index in [0.29, 0.717) is 12.1 Å². The molecule has 4 aromatic carbocycles. The minimum atomic E-state index is -0.132. The van der Waals surface area contributed by atoms with E-state index < -0.39 is 0 Å². The van der Waals surface area contributed by atoms with Crippen molar-refractivity contribution in [3.63, 3.8) is 0 Å². The minimum Gasteiger partial charge on any atom is -0.378 e. The van der Waals surface area contributed by atoms with Crippen molar-refractivity contribution in [3.05, 3.63) is 90.0 Å². The van der Waals surface area contributed by atoms with Crippen LogP contribution < -0.4 is 25.9 Å². The molecule has 0 aliphatic carbocycles. The molecule has 222 valence electrons. The molecule has 1 fully saturated rings. The van der Waals surface area contributed by atoms with Crippen LogP contribution >= 0.6 is 0 Å². The molecule has 3 N–H and O–H groups in total. The first-order chi connectivity index (χ1) is 20.8. The van der Waals surface area contributed by atoms with Crippen LogP contribution in [0.5, 0.6) is 0 Å². The van der Waals surface area contributed by atoms with E-state index in [1.165, 1.54) is 0 Å². The van der Waals surface area contributed by atoms with E-state index >= 15 is 0 Å². The fourth-order valence-corrected chi connectivity index (χ4v) is 5.86. The molecule has 0 saturated carbocycles. The van der Waals surface area contributed by atoms with Crippen LogP contribution in [-0.2, 0) is 11.3 Å². The highest BCUT2D eigenvalue weighted by atomic mass is 16.2. The number of hydrogen-bond donors (Lipinski definition) is 3. The first kappa shape index (κ1) is 28.5. The molecule has 43 heavy (non-hydrogen) atoms. The van der Waals surface area contributed by atoms with Gasteiger partial charge in [0.2, 0.25) is 5.91 Å². The van der Waals surface area contributed by atoms with Crippen LogP contribution in [0.15, 0.2) is 78.9 Å². The molecule has 0 unspecified atom stereocenters. The summed E-state index contributed by atoms with van der Waals surface area (Å²) < 4.78 is 0. The van der Waals surface area contributed by atoms with Gasteiger partial charge in [0.25, 0.3) is 5.91 Å². The lowest BCUT2D eigenvalue weighted by molar-refractivity contribution is -0.123. The Bertz CT molecular complexity index is 1630. The molecular weight excluding hydrogens is 538 g/mol. The number of fused-ring (bicyclic) bond motifs is 3. The van der Waals surface area contributed by atoms with Crippen LogP contribution in [0, 0.1) is 5.92 Å². The SMILES string of the molecule is CN(C)c1ccc(NC(=O)C2CCN(N3Cc4cc(NC(=O)c5ccc(N(C)C)cc5)c5ccccc5c4N3)CC2)cc1. The van der Waals surface area contributed by atoms with E-state index in [9.17, 15) is 9.59 Å². The smallest absolute Gasteiger partial charge is 0.255 e. The maximum Gasteiger partial charge on any atom is 0.255 e. The summed E-state index contributed by atoms with van der Waals surface area (Å²) in [5.41, 5.74) is 10.2. The highest BCUT2D eigenvalue weighted by Gasteiger charge is 2.32. The number of amides is 2. The monoisotopic (exact) mass is 577 g/mol. The van der Waals surface area contributed by atoms with Gasteiger partial charge in [0.05, 0.1) is 12.2 Å². The van der Waals surface area contributed by atoms with Crippen molar-refractivity contribution in [2.45, 2.75) is 19.4 Å². The second-order valence-electron chi connectivity index (χ2n) is 11.7. The van der Waals surface area contributed by atoms with Crippen molar-refractivity contribution >= 4 is 51.0 Å². The third-order valence-electron chi connectivity index (χ3n) is 8.42. The van der Waals surface area contributed by atoms with E-state index in [4.69, 9.17) is 0 Å². The average molecular weight is 578 g/mol. The van der Waals surface area contributed by atoms with Gasteiger partial charge in [0.1, 0.15) is 0 Å². The number of nitrogens with zero attached hydrogens (tertiary/aromatic N) is 4. The molecule has 9 nitrogen and oxygen atoms in total. The van der Waals surface area contributed by atoms with Gasteiger partial charge < -0.3 is 25.9 Å². The zero-order valence-corrected chi connectivity index (χ0v) is 25.2. The van der Waals surface area contributed by atoms with Gasteiger partial charge >= 0.3 is 0 Å². The highest BCUT2D eigenvalue weighted by molar-refractivity contribution is 6.12. The number of hydrogen-bond acceptors (Lipinski definition) is 7. The average Bonchev–Trinajstić information content (AvgIpc) is 3.46. The Kier molecular flexibility index (Phi) is 7.92. The van der Waals surface area contributed by atoms with Crippen LogP contribution in [0.3, 0.4) is 0 Å². The number of nitrogens with one attached hydrogen (secondary N) is 3. The molecule has 6 rings (SSSR count). The summed E-state index contributed by atoms with van der Waals surface area (Å²) in [6.45, 7) is 2.24. The topological polar surface area (TPSA) is 83.2 Å². The number of benzene rings is 4. The van der Waals surface area contributed by atoms with Gasteiger partial charge in [0, 0.05) is 86.3 Å². The van der Waals surface area contributed by atoms with E-state index in [2.05, 4.69) is 38.3 Å². The van der Waals surface area contributed by atoms with Crippen LogP contribution in [-0.4, -0.2) is 63.2 Å². The van der Waals surface area contributed by atoms with Crippen molar-refractivity contribution in [2.24, 2.45) is 5.92 Å². The first-order valence-electron chi connectivity index (χ1n) is 14.8. The summed E-state index contributed by atoms with van der Waals surface area (Å²) in [6.07, 6.45) is 1.57. The molecule has 0 radical (unpaired) electrons. The molecule has 2 amide bonds. The molecule has 0 aromatic heterocycles. The van der Waals surface area contributed by atoms with Crippen LogP contribution in [0.25, 0.3) is 10.8 Å². The van der Waals surface area contributed by atoms with Gasteiger partial charge in [0.15, 0.2) is 0 Å². The summed E-state index contributed by atoms with van der Waals surface area (Å²) in [7, 11) is 7.96. The Morgan fingerprint density at radius 1 is 0.791 bits per heavy atom. The molecule has 0 spiro atoms. The van der Waals surface area contributed by atoms with Gasteiger partial charge in [-0.2, -0.15) is 5.12 Å². The Morgan fingerprint density at radius 3 is 2.02 bits per heavy atom. The third-order valence-corrected chi connectivity index (χ3v) is 8.42. The fraction of sp³-hybridized carbons (Fsp3) is 0.294. The number of carbonyl (C=O) groups excluding carboxylic acids is 2. The van der Waals surface area contributed by atoms with Crippen LogP contribution in [0.2, 0.25) is 0 Å². The number of piperidine rings is 1. The van der Waals surface area contributed by atoms with Crippen molar-refractivity contribution in [1.82, 2.24) is 10.1 Å². The van der Waals surface area contributed by atoms with E-state index in [-0.39, 0.29) is 17.7 Å². The molecule has 2 heterocycles. The van der Waals surface area contributed by atoms with E-state index in [1.807, 2.05) is 105 Å². The molecule has 2 aliphatic rings. The molecule has 4 aromatic rings. The summed E-state index contributed by atoms with van der Waals surface area (Å²) in [6, 6.07) is 25.8. The summed E-state index contributed by atoms with van der Waals surface area (Å²) in [5, 5.41) is 12.7. The molecule has 9 heteroatoms. The fourth-order valence-electron chi connectivity index (χ4n) is 5.86. The molecule has 2 aliphatic heterocycles. The zero-order valence-electron chi connectivity index (χ0n) is 25.2. The second kappa shape index (κ2) is 11.9. The largest absolute Gasteiger partial charge is 0.378 e. The Labute approximate surface area is 253 Å². The summed E-state index contributed by atoms with van der Waals surface area (Å²) >= 11 is 0. The molecular formula is C34H39N7O2. The summed E-state index contributed by atoms with van der Waals surface area (Å²) in [4.78, 5) is 30.3. The maximum absolute atomic E-state index is 13.2. The van der Waals surface area contributed by atoms with Gasteiger partial charge in [-0.05, 0) is 73.0 Å². The zero-order chi connectivity index (χ0) is 30.1. The number of carbonyl (C=O) groups is 2. The predicted molar refractivity (Wildman–Crippen MR) is 176 cm³/mol. The molecule has 1 saturated heterocycles. The second-order valence-corrected chi connectivity index (χ2v) is 11.7. The number of hydrazine groups is 2. The van der Waals surface area contributed by atoms with Crippen molar-refractivity contribution < 1.29 is 9.59 Å². The number of anilines is 5. The van der Waals surface area contributed by atoms with Crippen molar-refractivity contribution in [3.8, 4) is 0 Å². The van der Waals surface area contributed by atoms with Gasteiger partial charge in [-0.1, -0.05) is 24.3 Å². The number of rotatable bonds is 7. The van der Waals surface area contributed by atoms with Gasteiger partial charge in [-0.15, -0.1) is 0 Å². The van der Waals surface area contributed by atoms with Crippen LogP contribution in [0.4, 0.5) is 28.4 Å². The third kappa shape index (κ3) is 6.00. The van der Waals surface area contributed by atoms with Gasteiger partial charge in [-0.3, -0.25) is 9.59 Å². The summed E-state index contributed by atoms with van der Waals surface area (Å²) in [5.74, 6) is -0.0749. The Morgan fingerprint density at radius 2 is 1.40 bits per heavy atom. The highest BCUT2D eigenvalue weighted by Crippen LogP contribution is 2.39. The standard InChI is InChI=1S/C34H39N7O2/c1-38(2)27-13-9-23(10-14-27)34(43)36-31-21-25-22-41(37-32(25)30-8-6-5-7-29(30)31)40-19-17-24(18-20-40)33(42)35-26-11-15-28(16-12-26)39(3)4/h5-16,21,24,37H,17-20,22H2,1-4H3,(H,35,42)(H,36,43).